The second-order valence-corrected chi connectivity index (χ2v) is 4.82. The molecule has 0 aliphatic carbocycles. The van der Waals surface area contributed by atoms with Gasteiger partial charge < -0.3 is 5.32 Å². The Bertz CT molecular complexity index is 441. The number of hydrogen-bond donors (Lipinski definition) is 1. The van der Waals surface area contributed by atoms with E-state index in [4.69, 9.17) is 0 Å². The highest BCUT2D eigenvalue weighted by Gasteiger charge is 2.28. The maximum Gasteiger partial charge on any atom is 0.389 e. The molecule has 2 heterocycles. The van der Waals surface area contributed by atoms with Crippen molar-refractivity contribution in [3.63, 3.8) is 0 Å². The molecule has 2 rings (SSSR count). The zero-order valence-electron chi connectivity index (χ0n) is 10.4. The van der Waals surface area contributed by atoms with E-state index >= 15 is 0 Å². The number of halogens is 3. The zero-order valence-corrected chi connectivity index (χ0v) is 10.4. The molecular formula is C12H16F3N3. The molecule has 0 atom stereocenters. The highest BCUT2D eigenvalue weighted by Crippen LogP contribution is 2.25. The molecule has 0 spiro atoms. The van der Waals surface area contributed by atoms with E-state index in [-0.39, 0.29) is 12.3 Å². The van der Waals surface area contributed by atoms with Crippen molar-refractivity contribution in [2.75, 3.05) is 0 Å². The van der Waals surface area contributed by atoms with Gasteiger partial charge in [0, 0.05) is 25.1 Å². The Balaban J connectivity index is 2.25. The summed E-state index contributed by atoms with van der Waals surface area (Å²) in [6.45, 7) is 5.32. The summed E-state index contributed by atoms with van der Waals surface area (Å²) >= 11 is 0. The van der Waals surface area contributed by atoms with Crippen molar-refractivity contribution in [1.29, 1.82) is 0 Å². The van der Waals surface area contributed by atoms with Crippen LogP contribution in [-0.2, 0) is 19.5 Å². The lowest BCUT2D eigenvalue weighted by Crippen LogP contribution is -2.13. The van der Waals surface area contributed by atoms with Gasteiger partial charge in [0.2, 0.25) is 0 Å². The normalized spacial score (nSPS) is 15.2. The fourth-order valence-electron chi connectivity index (χ4n) is 2.09. The summed E-state index contributed by atoms with van der Waals surface area (Å²) in [5.41, 5.74) is 2.79. The summed E-state index contributed by atoms with van der Waals surface area (Å²) < 4.78 is 36.6. The van der Waals surface area contributed by atoms with E-state index < -0.39 is 12.6 Å². The molecule has 100 valence electrons. The molecule has 1 aromatic rings. The lowest BCUT2D eigenvalue weighted by Gasteiger charge is -2.12. The Morgan fingerprint density at radius 3 is 2.56 bits per heavy atom. The van der Waals surface area contributed by atoms with Gasteiger partial charge in [0.15, 0.2) is 0 Å². The maximum atomic E-state index is 12.2. The van der Waals surface area contributed by atoms with Crippen LogP contribution in [0.15, 0.2) is 0 Å². The van der Waals surface area contributed by atoms with Crippen LogP contribution in [0.25, 0.3) is 0 Å². The van der Waals surface area contributed by atoms with Crippen molar-refractivity contribution in [2.45, 2.75) is 51.9 Å². The highest BCUT2D eigenvalue weighted by molar-refractivity contribution is 5.31. The SMILES string of the molecule is CC(C)c1nc(CCC(F)(F)F)nc2c1CNC2. The number of alkyl halides is 3. The van der Waals surface area contributed by atoms with Gasteiger partial charge in [-0.25, -0.2) is 9.97 Å². The molecule has 0 radical (unpaired) electrons. The molecule has 1 aliphatic rings. The first-order valence-electron chi connectivity index (χ1n) is 6.03. The summed E-state index contributed by atoms with van der Waals surface area (Å²) in [6.07, 6.45) is -5.16. The van der Waals surface area contributed by atoms with Crippen molar-refractivity contribution >= 4 is 0 Å². The molecule has 0 fully saturated rings. The van der Waals surface area contributed by atoms with E-state index in [2.05, 4.69) is 15.3 Å². The second kappa shape index (κ2) is 4.84. The van der Waals surface area contributed by atoms with E-state index in [1.807, 2.05) is 13.8 Å². The van der Waals surface area contributed by atoms with Crippen molar-refractivity contribution in [2.24, 2.45) is 0 Å². The van der Waals surface area contributed by atoms with Crippen LogP contribution in [0.4, 0.5) is 13.2 Å². The third kappa shape index (κ3) is 2.98. The van der Waals surface area contributed by atoms with E-state index in [0.717, 1.165) is 17.0 Å². The molecule has 6 heteroatoms. The minimum absolute atomic E-state index is 0.142. The molecule has 0 unspecified atom stereocenters. The van der Waals surface area contributed by atoms with Gasteiger partial charge in [-0.15, -0.1) is 0 Å². The summed E-state index contributed by atoms with van der Waals surface area (Å²) in [5, 5.41) is 3.16. The fourth-order valence-corrected chi connectivity index (χ4v) is 2.09. The summed E-state index contributed by atoms with van der Waals surface area (Å²) in [4.78, 5) is 8.52. The van der Waals surface area contributed by atoms with E-state index in [0.29, 0.717) is 18.9 Å². The topological polar surface area (TPSA) is 37.8 Å². The van der Waals surface area contributed by atoms with Gasteiger partial charge in [0.25, 0.3) is 0 Å². The number of hydrogen-bond acceptors (Lipinski definition) is 3. The number of aryl methyl sites for hydroxylation is 1. The van der Waals surface area contributed by atoms with Gasteiger partial charge in [-0.3, -0.25) is 0 Å². The van der Waals surface area contributed by atoms with E-state index in [9.17, 15) is 13.2 Å². The largest absolute Gasteiger partial charge is 0.389 e. The molecule has 0 saturated heterocycles. The molecule has 0 aromatic carbocycles. The van der Waals surface area contributed by atoms with Crippen LogP contribution in [0.3, 0.4) is 0 Å². The first kappa shape index (κ1) is 13.3. The summed E-state index contributed by atoms with van der Waals surface area (Å²) in [6, 6.07) is 0. The number of fused-ring (bicyclic) bond motifs is 1. The van der Waals surface area contributed by atoms with Gasteiger partial charge in [-0.1, -0.05) is 13.8 Å². The molecule has 18 heavy (non-hydrogen) atoms. The van der Waals surface area contributed by atoms with Crippen LogP contribution in [0.5, 0.6) is 0 Å². The van der Waals surface area contributed by atoms with Crippen LogP contribution in [-0.4, -0.2) is 16.1 Å². The standard InChI is InChI=1S/C12H16F3N3/c1-7(2)11-8-5-16-6-9(8)17-10(18-11)3-4-12(13,14)15/h7,16H,3-6H2,1-2H3. The predicted octanol–water partition coefficient (Wildman–Crippen LogP) is 2.70. The molecule has 0 bridgehead atoms. The molecule has 1 N–H and O–H groups in total. The van der Waals surface area contributed by atoms with E-state index in [1.54, 1.807) is 0 Å². The van der Waals surface area contributed by atoms with Gasteiger partial charge >= 0.3 is 6.18 Å². The Morgan fingerprint density at radius 2 is 1.94 bits per heavy atom. The number of nitrogens with one attached hydrogen (secondary N) is 1. The zero-order chi connectivity index (χ0) is 13.3. The Hall–Kier alpha value is -1.17. The Morgan fingerprint density at radius 1 is 1.22 bits per heavy atom. The highest BCUT2D eigenvalue weighted by atomic mass is 19.4. The molecular weight excluding hydrogens is 243 g/mol. The quantitative estimate of drug-likeness (QED) is 0.907. The van der Waals surface area contributed by atoms with Crippen LogP contribution in [0.1, 0.15) is 49.0 Å². The first-order valence-corrected chi connectivity index (χ1v) is 6.03. The first-order chi connectivity index (χ1) is 8.37. The van der Waals surface area contributed by atoms with Crippen LogP contribution in [0.2, 0.25) is 0 Å². The number of aromatic nitrogens is 2. The Labute approximate surface area is 104 Å². The maximum absolute atomic E-state index is 12.2. The van der Waals surface area contributed by atoms with Crippen LogP contribution >= 0.6 is 0 Å². The summed E-state index contributed by atoms with van der Waals surface area (Å²) in [5.74, 6) is 0.504. The van der Waals surface area contributed by atoms with E-state index in [1.165, 1.54) is 0 Å². The number of nitrogens with zero attached hydrogens (tertiary/aromatic N) is 2. The third-order valence-corrected chi connectivity index (χ3v) is 2.94. The van der Waals surface area contributed by atoms with Crippen molar-refractivity contribution in [3.05, 3.63) is 22.8 Å². The van der Waals surface area contributed by atoms with Gasteiger partial charge in [-0.05, 0) is 5.92 Å². The lowest BCUT2D eigenvalue weighted by atomic mass is 10.0. The van der Waals surface area contributed by atoms with Crippen LogP contribution < -0.4 is 5.32 Å². The van der Waals surface area contributed by atoms with Gasteiger partial charge in [0.05, 0.1) is 17.8 Å². The average Bonchev–Trinajstić information content (AvgIpc) is 2.71. The van der Waals surface area contributed by atoms with Crippen molar-refractivity contribution in [1.82, 2.24) is 15.3 Å². The minimum atomic E-state index is -4.15. The summed E-state index contributed by atoms with van der Waals surface area (Å²) in [7, 11) is 0. The molecule has 0 amide bonds. The fraction of sp³-hybridized carbons (Fsp3) is 0.667. The molecule has 1 aliphatic heterocycles. The van der Waals surface area contributed by atoms with Crippen molar-refractivity contribution in [3.8, 4) is 0 Å². The predicted molar refractivity (Wildman–Crippen MR) is 61.0 cm³/mol. The lowest BCUT2D eigenvalue weighted by molar-refractivity contribution is -0.134. The minimum Gasteiger partial charge on any atom is -0.307 e. The molecule has 3 nitrogen and oxygen atoms in total. The second-order valence-electron chi connectivity index (χ2n) is 4.82. The van der Waals surface area contributed by atoms with Crippen molar-refractivity contribution < 1.29 is 13.2 Å². The Kier molecular flexibility index (Phi) is 3.56. The van der Waals surface area contributed by atoms with Crippen LogP contribution in [0, 0.1) is 0 Å². The third-order valence-electron chi connectivity index (χ3n) is 2.94. The smallest absolute Gasteiger partial charge is 0.307 e. The average molecular weight is 259 g/mol. The number of rotatable bonds is 3. The van der Waals surface area contributed by atoms with Gasteiger partial charge in [-0.2, -0.15) is 13.2 Å². The monoisotopic (exact) mass is 259 g/mol. The molecule has 1 aromatic heterocycles. The molecule has 0 saturated carbocycles. The van der Waals surface area contributed by atoms with Gasteiger partial charge in [0.1, 0.15) is 5.82 Å².